The van der Waals surface area contributed by atoms with E-state index in [2.05, 4.69) is 32.3 Å². The molecule has 2 aliphatic heterocycles. The molecule has 2 fully saturated rings. The zero-order chi connectivity index (χ0) is 19.6. The van der Waals surface area contributed by atoms with Crippen molar-refractivity contribution < 1.29 is 9.53 Å². The van der Waals surface area contributed by atoms with Crippen molar-refractivity contribution in [2.24, 2.45) is 5.92 Å². The fourth-order valence-corrected chi connectivity index (χ4v) is 4.22. The SMILES string of the molecule is O=C(C1CCN(c2ccc3nncn3n2)CC1)N1CCOC(c2ccccc2)C1. The smallest absolute Gasteiger partial charge is 0.225 e. The molecule has 2 aliphatic rings. The highest BCUT2D eigenvalue weighted by molar-refractivity contribution is 5.79. The Hall–Kier alpha value is -3.00. The molecule has 0 aliphatic carbocycles. The molecule has 2 saturated heterocycles. The number of carbonyl (C=O) groups is 1. The van der Waals surface area contributed by atoms with E-state index < -0.39 is 0 Å². The molecule has 0 N–H and O–H groups in total. The van der Waals surface area contributed by atoms with Gasteiger partial charge in [0.15, 0.2) is 5.65 Å². The van der Waals surface area contributed by atoms with Gasteiger partial charge in [0.25, 0.3) is 0 Å². The number of amides is 1. The summed E-state index contributed by atoms with van der Waals surface area (Å²) in [5.41, 5.74) is 1.87. The number of hydrogen-bond donors (Lipinski definition) is 0. The first-order valence-electron chi connectivity index (χ1n) is 10.2. The second-order valence-corrected chi connectivity index (χ2v) is 7.64. The number of fused-ring (bicyclic) bond motifs is 1. The Morgan fingerprint density at radius 1 is 1.03 bits per heavy atom. The molecule has 0 spiro atoms. The average Bonchev–Trinajstić information content (AvgIpc) is 3.27. The van der Waals surface area contributed by atoms with Crippen molar-refractivity contribution in [1.82, 2.24) is 24.7 Å². The van der Waals surface area contributed by atoms with Crippen LogP contribution in [0.1, 0.15) is 24.5 Å². The molecule has 8 nitrogen and oxygen atoms in total. The number of nitrogens with zero attached hydrogens (tertiary/aromatic N) is 6. The Kier molecular flexibility index (Phi) is 4.85. The molecule has 1 unspecified atom stereocenters. The normalized spacial score (nSPS) is 20.9. The van der Waals surface area contributed by atoms with Crippen molar-refractivity contribution in [2.75, 3.05) is 37.7 Å². The van der Waals surface area contributed by atoms with Crippen molar-refractivity contribution in [3.63, 3.8) is 0 Å². The van der Waals surface area contributed by atoms with Crippen LogP contribution in [0.3, 0.4) is 0 Å². The molecule has 3 aromatic rings. The van der Waals surface area contributed by atoms with Gasteiger partial charge in [-0.15, -0.1) is 15.3 Å². The first-order valence-corrected chi connectivity index (χ1v) is 10.2. The zero-order valence-corrected chi connectivity index (χ0v) is 16.2. The highest BCUT2D eigenvalue weighted by Gasteiger charge is 2.32. The molecule has 1 aromatic carbocycles. The Labute approximate surface area is 169 Å². The van der Waals surface area contributed by atoms with Crippen molar-refractivity contribution in [1.29, 1.82) is 0 Å². The Bertz CT molecular complexity index is 983. The van der Waals surface area contributed by atoms with Gasteiger partial charge in [0.1, 0.15) is 18.2 Å². The maximum atomic E-state index is 13.1. The molecule has 0 bridgehead atoms. The molecule has 8 heteroatoms. The summed E-state index contributed by atoms with van der Waals surface area (Å²) in [4.78, 5) is 17.3. The minimum atomic E-state index is -0.0336. The lowest BCUT2D eigenvalue weighted by atomic mass is 9.94. The summed E-state index contributed by atoms with van der Waals surface area (Å²) in [6.45, 7) is 3.54. The number of piperidine rings is 1. The lowest BCUT2D eigenvalue weighted by molar-refractivity contribution is -0.144. The van der Waals surface area contributed by atoms with E-state index >= 15 is 0 Å². The molecule has 1 atom stereocenters. The summed E-state index contributed by atoms with van der Waals surface area (Å²) in [5.74, 6) is 1.23. The van der Waals surface area contributed by atoms with Gasteiger partial charge in [-0.05, 0) is 30.5 Å². The minimum Gasteiger partial charge on any atom is -0.370 e. The number of rotatable bonds is 3. The van der Waals surface area contributed by atoms with Gasteiger partial charge in [-0.1, -0.05) is 30.3 Å². The van der Waals surface area contributed by atoms with Crippen molar-refractivity contribution >= 4 is 17.4 Å². The first-order chi connectivity index (χ1) is 14.3. The van der Waals surface area contributed by atoms with Crippen LogP contribution in [0, 0.1) is 5.92 Å². The number of hydrogen-bond acceptors (Lipinski definition) is 6. The highest BCUT2D eigenvalue weighted by Crippen LogP contribution is 2.27. The second-order valence-electron chi connectivity index (χ2n) is 7.64. The maximum Gasteiger partial charge on any atom is 0.225 e. The number of aromatic nitrogens is 4. The first kappa shape index (κ1) is 18.1. The summed E-state index contributed by atoms with van der Waals surface area (Å²) in [5, 5.41) is 12.4. The van der Waals surface area contributed by atoms with E-state index in [1.165, 1.54) is 0 Å². The van der Waals surface area contributed by atoms with Crippen LogP contribution in [0.15, 0.2) is 48.8 Å². The fraction of sp³-hybridized carbons (Fsp3) is 0.429. The van der Waals surface area contributed by atoms with Gasteiger partial charge in [0.2, 0.25) is 5.91 Å². The topological polar surface area (TPSA) is 75.9 Å². The molecular formula is C21H24N6O2. The number of morpholine rings is 1. The molecule has 29 heavy (non-hydrogen) atoms. The van der Waals surface area contributed by atoms with E-state index in [1.54, 1.807) is 10.8 Å². The van der Waals surface area contributed by atoms with Crippen molar-refractivity contribution in [2.45, 2.75) is 18.9 Å². The maximum absolute atomic E-state index is 13.1. The van der Waals surface area contributed by atoms with E-state index in [0.29, 0.717) is 19.7 Å². The highest BCUT2D eigenvalue weighted by atomic mass is 16.5. The van der Waals surface area contributed by atoms with Crippen LogP contribution in [-0.2, 0) is 9.53 Å². The van der Waals surface area contributed by atoms with Crippen LogP contribution in [0.2, 0.25) is 0 Å². The number of benzene rings is 1. The van der Waals surface area contributed by atoms with Crippen molar-refractivity contribution in [3.8, 4) is 0 Å². The largest absolute Gasteiger partial charge is 0.370 e. The standard InChI is InChI=1S/C21H24N6O2/c28-21(26-12-13-29-18(14-26)16-4-2-1-3-5-16)17-8-10-25(11-9-17)20-7-6-19-23-22-15-27(19)24-20/h1-7,15,17-18H,8-14H2. The van der Waals surface area contributed by atoms with Gasteiger partial charge >= 0.3 is 0 Å². The molecule has 150 valence electrons. The van der Waals surface area contributed by atoms with E-state index in [1.807, 2.05) is 35.2 Å². The number of anilines is 1. The monoisotopic (exact) mass is 392 g/mol. The fourth-order valence-electron chi connectivity index (χ4n) is 4.22. The summed E-state index contributed by atoms with van der Waals surface area (Å²) >= 11 is 0. The lowest BCUT2D eigenvalue weighted by Gasteiger charge is -2.38. The van der Waals surface area contributed by atoms with Gasteiger partial charge in [0.05, 0.1) is 13.2 Å². The Balaban J connectivity index is 1.20. The van der Waals surface area contributed by atoms with E-state index in [4.69, 9.17) is 4.74 Å². The zero-order valence-electron chi connectivity index (χ0n) is 16.2. The Morgan fingerprint density at radius 3 is 2.69 bits per heavy atom. The molecule has 4 heterocycles. The third-order valence-electron chi connectivity index (χ3n) is 5.87. The molecule has 1 amide bonds. The average molecular weight is 392 g/mol. The predicted molar refractivity (Wildman–Crippen MR) is 107 cm³/mol. The van der Waals surface area contributed by atoms with Gasteiger partial charge in [0, 0.05) is 25.6 Å². The van der Waals surface area contributed by atoms with Gasteiger partial charge in [-0.3, -0.25) is 4.79 Å². The second kappa shape index (κ2) is 7.79. The minimum absolute atomic E-state index is 0.0336. The third kappa shape index (κ3) is 3.67. The van der Waals surface area contributed by atoms with Crippen LogP contribution in [0.5, 0.6) is 0 Å². The van der Waals surface area contributed by atoms with Crippen LogP contribution >= 0.6 is 0 Å². The van der Waals surface area contributed by atoms with E-state index in [9.17, 15) is 4.79 Å². The van der Waals surface area contributed by atoms with Gasteiger partial charge < -0.3 is 14.5 Å². The van der Waals surface area contributed by atoms with Crippen molar-refractivity contribution in [3.05, 3.63) is 54.4 Å². The van der Waals surface area contributed by atoms with Gasteiger partial charge in [-0.25, -0.2) is 0 Å². The number of ether oxygens (including phenoxy) is 1. The van der Waals surface area contributed by atoms with Crippen LogP contribution in [0.25, 0.3) is 5.65 Å². The summed E-state index contributed by atoms with van der Waals surface area (Å²) in [6.07, 6.45) is 3.26. The van der Waals surface area contributed by atoms with Gasteiger partial charge in [-0.2, -0.15) is 4.52 Å². The lowest BCUT2D eigenvalue weighted by Crippen LogP contribution is -2.47. The van der Waals surface area contributed by atoms with E-state index in [0.717, 1.165) is 43.0 Å². The molecule has 0 saturated carbocycles. The summed E-state index contributed by atoms with van der Waals surface area (Å²) in [6, 6.07) is 14.1. The Morgan fingerprint density at radius 2 is 1.86 bits per heavy atom. The molecule has 0 radical (unpaired) electrons. The summed E-state index contributed by atoms with van der Waals surface area (Å²) < 4.78 is 7.60. The quantitative estimate of drug-likeness (QED) is 0.678. The third-order valence-corrected chi connectivity index (χ3v) is 5.87. The van der Waals surface area contributed by atoms with E-state index in [-0.39, 0.29) is 17.9 Å². The van der Waals surface area contributed by atoms with Crippen LogP contribution in [-0.4, -0.2) is 63.4 Å². The summed E-state index contributed by atoms with van der Waals surface area (Å²) in [7, 11) is 0. The molecular weight excluding hydrogens is 368 g/mol. The van der Waals surface area contributed by atoms with Crippen LogP contribution < -0.4 is 4.90 Å². The molecule has 5 rings (SSSR count). The molecule has 2 aromatic heterocycles. The number of carbonyl (C=O) groups excluding carboxylic acids is 1. The van der Waals surface area contributed by atoms with Crippen LogP contribution in [0.4, 0.5) is 5.82 Å². The predicted octanol–water partition coefficient (Wildman–Crippen LogP) is 1.94.